The second kappa shape index (κ2) is 8.07. The summed E-state index contributed by atoms with van der Waals surface area (Å²) in [7, 11) is 1.93. The summed E-state index contributed by atoms with van der Waals surface area (Å²) in [5.74, 6) is 0.918. The highest BCUT2D eigenvalue weighted by atomic mass is 16.5. The number of ether oxygens (including phenoxy) is 1. The monoisotopic (exact) mass is 236 g/mol. The van der Waals surface area contributed by atoms with Crippen molar-refractivity contribution in [3.63, 3.8) is 0 Å². The van der Waals surface area contributed by atoms with E-state index in [2.05, 4.69) is 17.2 Å². The molecule has 0 aliphatic carbocycles. The van der Waals surface area contributed by atoms with E-state index in [9.17, 15) is 0 Å². The summed E-state index contributed by atoms with van der Waals surface area (Å²) in [5.41, 5.74) is 2.04. The average Bonchev–Trinajstić information content (AvgIpc) is 2.32. The van der Waals surface area contributed by atoms with Gasteiger partial charge in [-0.15, -0.1) is 0 Å². The average molecular weight is 236 g/mol. The Bertz CT molecular complexity index is 326. The van der Waals surface area contributed by atoms with E-state index >= 15 is 0 Å². The number of aryl methyl sites for hydroxylation is 1. The van der Waals surface area contributed by atoms with Gasteiger partial charge in [0.15, 0.2) is 0 Å². The lowest BCUT2D eigenvalue weighted by atomic mass is 10.2. The maximum atomic E-state index is 5.79. The van der Waals surface area contributed by atoms with E-state index in [4.69, 9.17) is 4.74 Å². The third-order valence-electron chi connectivity index (χ3n) is 2.67. The predicted octanol–water partition coefficient (Wildman–Crippen LogP) is 3.07. The second-order valence-electron chi connectivity index (χ2n) is 4.34. The number of nitrogens with one attached hydrogen (secondary N) is 1. The number of rotatable bonds is 8. The molecule has 0 spiro atoms. The number of hydrogen-bond acceptors (Lipinski definition) is 3. The Morgan fingerprint density at radius 1 is 1.24 bits per heavy atom. The fraction of sp³-hybridized carbons (Fsp3) is 0.643. The summed E-state index contributed by atoms with van der Waals surface area (Å²) in [4.78, 5) is 4.49. The van der Waals surface area contributed by atoms with Crippen molar-refractivity contribution in [3.8, 4) is 5.75 Å². The number of pyridine rings is 1. The minimum atomic E-state index is 0.756. The molecule has 3 heteroatoms. The number of unbranched alkanes of at least 4 members (excludes halogenated alkanes) is 3. The molecule has 0 aromatic carbocycles. The van der Waals surface area contributed by atoms with Crippen molar-refractivity contribution in [2.45, 2.75) is 46.1 Å². The summed E-state index contributed by atoms with van der Waals surface area (Å²) in [6, 6.07) is 4.02. The fourth-order valence-electron chi connectivity index (χ4n) is 1.73. The highest BCUT2D eigenvalue weighted by Crippen LogP contribution is 2.17. The van der Waals surface area contributed by atoms with Crippen LogP contribution in [0, 0.1) is 6.92 Å². The zero-order chi connectivity index (χ0) is 12.5. The molecule has 0 bridgehead atoms. The number of hydrogen-bond donors (Lipinski definition) is 1. The standard InChI is InChI=1S/C14H24N2O/c1-4-5-6-7-10-17-14-9-8-12(2)16-13(14)11-15-3/h8-9,15H,4-7,10-11H2,1-3H3. The molecule has 0 atom stereocenters. The molecule has 0 saturated carbocycles. The summed E-state index contributed by atoms with van der Waals surface area (Å²) < 4.78 is 5.79. The van der Waals surface area contributed by atoms with Gasteiger partial charge in [0.2, 0.25) is 0 Å². The molecular weight excluding hydrogens is 212 g/mol. The van der Waals surface area contributed by atoms with Gasteiger partial charge in [-0.1, -0.05) is 26.2 Å². The van der Waals surface area contributed by atoms with Crippen LogP contribution in [0.5, 0.6) is 5.75 Å². The van der Waals surface area contributed by atoms with Gasteiger partial charge >= 0.3 is 0 Å². The van der Waals surface area contributed by atoms with Gasteiger partial charge in [-0.05, 0) is 32.5 Å². The van der Waals surface area contributed by atoms with Crippen LogP contribution < -0.4 is 10.1 Å². The minimum absolute atomic E-state index is 0.756. The lowest BCUT2D eigenvalue weighted by Crippen LogP contribution is -2.10. The third-order valence-corrected chi connectivity index (χ3v) is 2.67. The van der Waals surface area contributed by atoms with Gasteiger partial charge in [0, 0.05) is 12.2 Å². The van der Waals surface area contributed by atoms with Crippen molar-refractivity contribution in [1.29, 1.82) is 0 Å². The summed E-state index contributed by atoms with van der Waals surface area (Å²) in [5, 5.41) is 3.12. The Hall–Kier alpha value is -1.09. The van der Waals surface area contributed by atoms with Gasteiger partial charge in [0.1, 0.15) is 5.75 Å². The molecule has 17 heavy (non-hydrogen) atoms. The Labute approximate surface area is 105 Å². The van der Waals surface area contributed by atoms with E-state index in [1.165, 1.54) is 19.3 Å². The maximum absolute atomic E-state index is 5.79. The second-order valence-corrected chi connectivity index (χ2v) is 4.34. The van der Waals surface area contributed by atoms with Gasteiger partial charge in [-0.25, -0.2) is 0 Å². The molecule has 0 saturated heterocycles. The normalized spacial score (nSPS) is 10.5. The van der Waals surface area contributed by atoms with Gasteiger partial charge in [0.25, 0.3) is 0 Å². The van der Waals surface area contributed by atoms with E-state index in [1.54, 1.807) is 0 Å². The topological polar surface area (TPSA) is 34.1 Å². The minimum Gasteiger partial charge on any atom is -0.492 e. The van der Waals surface area contributed by atoms with Crippen molar-refractivity contribution < 1.29 is 4.74 Å². The van der Waals surface area contributed by atoms with Crippen LogP contribution in [0.3, 0.4) is 0 Å². The van der Waals surface area contributed by atoms with Crippen LogP contribution in [0.4, 0.5) is 0 Å². The Morgan fingerprint density at radius 3 is 2.76 bits per heavy atom. The fourth-order valence-corrected chi connectivity index (χ4v) is 1.73. The Kier molecular flexibility index (Phi) is 6.63. The van der Waals surface area contributed by atoms with Crippen LogP contribution in [-0.2, 0) is 6.54 Å². The molecule has 0 aliphatic rings. The SMILES string of the molecule is CCCCCCOc1ccc(C)nc1CNC. The number of aromatic nitrogens is 1. The lowest BCUT2D eigenvalue weighted by molar-refractivity contribution is 0.300. The summed E-state index contributed by atoms with van der Waals surface area (Å²) >= 11 is 0. The zero-order valence-electron chi connectivity index (χ0n) is 11.3. The van der Waals surface area contributed by atoms with E-state index in [0.29, 0.717) is 0 Å². The van der Waals surface area contributed by atoms with Gasteiger partial charge in [-0.2, -0.15) is 0 Å². The van der Waals surface area contributed by atoms with Crippen LogP contribution in [-0.4, -0.2) is 18.6 Å². The molecule has 96 valence electrons. The van der Waals surface area contributed by atoms with E-state index in [-0.39, 0.29) is 0 Å². The van der Waals surface area contributed by atoms with Crippen molar-refractivity contribution >= 4 is 0 Å². The first-order chi connectivity index (χ1) is 8.27. The van der Waals surface area contributed by atoms with E-state index in [1.807, 2.05) is 26.1 Å². The smallest absolute Gasteiger partial charge is 0.142 e. The molecule has 0 aliphatic heterocycles. The van der Waals surface area contributed by atoms with Gasteiger partial charge < -0.3 is 10.1 Å². The molecule has 0 radical (unpaired) electrons. The maximum Gasteiger partial charge on any atom is 0.142 e. The van der Waals surface area contributed by atoms with Crippen LogP contribution in [0.25, 0.3) is 0 Å². The van der Waals surface area contributed by atoms with E-state index in [0.717, 1.165) is 36.7 Å². The molecular formula is C14H24N2O. The van der Waals surface area contributed by atoms with E-state index < -0.39 is 0 Å². The predicted molar refractivity (Wildman–Crippen MR) is 71.4 cm³/mol. The van der Waals surface area contributed by atoms with Gasteiger partial charge in [-0.3, -0.25) is 4.98 Å². The van der Waals surface area contributed by atoms with Crippen LogP contribution >= 0.6 is 0 Å². The van der Waals surface area contributed by atoms with Crippen molar-refractivity contribution in [1.82, 2.24) is 10.3 Å². The highest BCUT2D eigenvalue weighted by Gasteiger charge is 2.04. The molecule has 1 heterocycles. The molecule has 1 aromatic heterocycles. The van der Waals surface area contributed by atoms with Crippen LogP contribution in [0.1, 0.15) is 44.0 Å². The first kappa shape index (κ1) is 14.0. The van der Waals surface area contributed by atoms with Gasteiger partial charge in [0.05, 0.1) is 12.3 Å². The highest BCUT2D eigenvalue weighted by molar-refractivity contribution is 5.29. The molecule has 0 unspecified atom stereocenters. The summed E-state index contributed by atoms with van der Waals surface area (Å²) in [6.45, 7) is 5.77. The summed E-state index contributed by atoms with van der Waals surface area (Å²) in [6.07, 6.45) is 4.92. The van der Waals surface area contributed by atoms with Crippen molar-refractivity contribution in [2.24, 2.45) is 0 Å². The number of nitrogens with zero attached hydrogens (tertiary/aromatic N) is 1. The zero-order valence-corrected chi connectivity index (χ0v) is 11.3. The third kappa shape index (κ3) is 5.18. The lowest BCUT2D eigenvalue weighted by Gasteiger charge is -2.11. The van der Waals surface area contributed by atoms with Crippen molar-refractivity contribution in [3.05, 3.63) is 23.5 Å². The quantitative estimate of drug-likeness (QED) is 0.704. The molecule has 3 nitrogen and oxygen atoms in total. The molecule has 1 N–H and O–H groups in total. The van der Waals surface area contributed by atoms with Crippen LogP contribution in [0.2, 0.25) is 0 Å². The first-order valence-electron chi connectivity index (χ1n) is 6.51. The molecule has 1 rings (SSSR count). The first-order valence-corrected chi connectivity index (χ1v) is 6.51. The molecule has 0 fully saturated rings. The Balaban J connectivity index is 2.45. The molecule has 0 amide bonds. The van der Waals surface area contributed by atoms with Crippen LogP contribution in [0.15, 0.2) is 12.1 Å². The largest absolute Gasteiger partial charge is 0.492 e. The molecule has 1 aromatic rings. The Morgan fingerprint density at radius 2 is 2.06 bits per heavy atom. The van der Waals surface area contributed by atoms with Crippen molar-refractivity contribution in [2.75, 3.05) is 13.7 Å².